The SMILES string of the molecule is c1ccc2cc(-c3c4ccccc4c(-c4cccc5c4oc4c5ccc5c6ccccc6oc54)c4ccccc34)ccc2c1. The van der Waals surface area contributed by atoms with Crippen molar-refractivity contribution in [2.45, 2.75) is 0 Å². The highest BCUT2D eigenvalue weighted by molar-refractivity contribution is 6.26. The molecular formula is C42H24O2. The molecule has 2 nitrogen and oxygen atoms in total. The van der Waals surface area contributed by atoms with Gasteiger partial charge in [0.05, 0.1) is 0 Å². The molecule has 0 N–H and O–H groups in total. The lowest BCUT2D eigenvalue weighted by molar-refractivity contribution is 0.634. The molecule has 0 spiro atoms. The van der Waals surface area contributed by atoms with Crippen LogP contribution in [-0.2, 0) is 0 Å². The van der Waals surface area contributed by atoms with E-state index in [9.17, 15) is 0 Å². The van der Waals surface area contributed by atoms with Gasteiger partial charge in [0.15, 0.2) is 11.2 Å². The highest BCUT2D eigenvalue weighted by atomic mass is 16.4. The number of furan rings is 2. The van der Waals surface area contributed by atoms with E-state index >= 15 is 0 Å². The number of fused-ring (bicyclic) bond motifs is 10. The van der Waals surface area contributed by atoms with Crippen molar-refractivity contribution < 1.29 is 8.83 Å². The predicted octanol–water partition coefficient (Wildman–Crippen LogP) is 12.3. The van der Waals surface area contributed by atoms with Gasteiger partial charge in [0.2, 0.25) is 0 Å². The van der Waals surface area contributed by atoms with E-state index in [0.717, 1.165) is 49.4 Å². The normalized spacial score (nSPS) is 12.1. The van der Waals surface area contributed by atoms with Crippen LogP contribution in [0.4, 0.5) is 0 Å². The van der Waals surface area contributed by atoms with Crippen molar-refractivity contribution in [3.63, 3.8) is 0 Å². The van der Waals surface area contributed by atoms with Gasteiger partial charge in [-0.15, -0.1) is 0 Å². The number of benzene rings is 8. The Hall–Kier alpha value is -5.86. The van der Waals surface area contributed by atoms with Crippen LogP contribution in [0.3, 0.4) is 0 Å². The Kier molecular flexibility index (Phi) is 4.75. The van der Waals surface area contributed by atoms with Gasteiger partial charge in [-0.05, 0) is 67.7 Å². The van der Waals surface area contributed by atoms with Gasteiger partial charge in [0.1, 0.15) is 11.2 Å². The summed E-state index contributed by atoms with van der Waals surface area (Å²) in [6, 6.07) is 52.0. The molecule has 0 saturated heterocycles. The lowest BCUT2D eigenvalue weighted by Gasteiger charge is -2.18. The summed E-state index contributed by atoms with van der Waals surface area (Å²) in [6.07, 6.45) is 0. The number of rotatable bonds is 2. The Labute approximate surface area is 252 Å². The van der Waals surface area contributed by atoms with E-state index < -0.39 is 0 Å². The molecule has 0 amide bonds. The summed E-state index contributed by atoms with van der Waals surface area (Å²) in [5.74, 6) is 0. The Morgan fingerprint density at radius 2 is 0.864 bits per heavy atom. The summed E-state index contributed by atoms with van der Waals surface area (Å²) in [5, 5.41) is 11.7. The molecule has 0 unspecified atom stereocenters. The molecule has 0 radical (unpaired) electrons. The van der Waals surface area contributed by atoms with Crippen LogP contribution in [0.15, 0.2) is 154 Å². The smallest absolute Gasteiger partial charge is 0.178 e. The highest BCUT2D eigenvalue weighted by Crippen LogP contribution is 2.47. The molecule has 0 fully saturated rings. The molecule has 0 aliphatic rings. The second-order valence-corrected chi connectivity index (χ2v) is 11.6. The predicted molar refractivity (Wildman–Crippen MR) is 184 cm³/mol. The van der Waals surface area contributed by atoms with E-state index in [2.05, 4.69) is 133 Å². The molecule has 2 heteroatoms. The molecular weight excluding hydrogens is 536 g/mol. The first-order valence-electron chi connectivity index (χ1n) is 15.0. The number of hydrogen-bond acceptors (Lipinski definition) is 2. The minimum absolute atomic E-state index is 0.794. The Bertz CT molecular complexity index is 2720. The lowest BCUT2D eigenvalue weighted by Crippen LogP contribution is -1.91. The third-order valence-electron chi connectivity index (χ3n) is 9.25. The molecule has 0 saturated carbocycles. The van der Waals surface area contributed by atoms with E-state index in [0.29, 0.717) is 0 Å². The van der Waals surface area contributed by atoms with Gasteiger partial charge in [0.25, 0.3) is 0 Å². The molecule has 10 rings (SSSR count). The second kappa shape index (κ2) is 8.82. The average molecular weight is 561 g/mol. The van der Waals surface area contributed by atoms with Crippen molar-refractivity contribution >= 4 is 76.2 Å². The maximum Gasteiger partial charge on any atom is 0.178 e. The fourth-order valence-electron chi connectivity index (χ4n) is 7.31. The molecule has 10 aromatic rings. The molecule has 0 aliphatic carbocycles. The molecule has 204 valence electrons. The zero-order valence-corrected chi connectivity index (χ0v) is 23.7. The van der Waals surface area contributed by atoms with Crippen LogP contribution in [-0.4, -0.2) is 0 Å². The summed E-state index contributed by atoms with van der Waals surface area (Å²) in [7, 11) is 0. The summed E-state index contributed by atoms with van der Waals surface area (Å²) in [4.78, 5) is 0. The second-order valence-electron chi connectivity index (χ2n) is 11.6. The molecule has 2 aromatic heterocycles. The van der Waals surface area contributed by atoms with Gasteiger partial charge in [-0.3, -0.25) is 0 Å². The van der Waals surface area contributed by atoms with E-state index in [1.165, 1.54) is 49.0 Å². The fraction of sp³-hybridized carbons (Fsp3) is 0. The van der Waals surface area contributed by atoms with Crippen LogP contribution >= 0.6 is 0 Å². The van der Waals surface area contributed by atoms with Crippen molar-refractivity contribution in [2.75, 3.05) is 0 Å². The topological polar surface area (TPSA) is 26.3 Å². The molecule has 44 heavy (non-hydrogen) atoms. The first-order chi connectivity index (χ1) is 21.8. The van der Waals surface area contributed by atoms with Crippen molar-refractivity contribution in [1.29, 1.82) is 0 Å². The minimum Gasteiger partial charge on any atom is -0.452 e. The van der Waals surface area contributed by atoms with Crippen molar-refractivity contribution in [2.24, 2.45) is 0 Å². The lowest BCUT2D eigenvalue weighted by atomic mass is 9.85. The maximum atomic E-state index is 6.85. The fourth-order valence-corrected chi connectivity index (χ4v) is 7.31. The third-order valence-corrected chi connectivity index (χ3v) is 9.25. The molecule has 0 aliphatic heterocycles. The summed E-state index contributed by atoms with van der Waals surface area (Å²) in [6.45, 7) is 0. The third kappa shape index (κ3) is 3.20. The van der Waals surface area contributed by atoms with Gasteiger partial charge >= 0.3 is 0 Å². The van der Waals surface area contributed by atoms with Crippen molar-refractivity contribution in [3.05, 3.63) is 146 Å². The molecule has 0 atom stereocenters. The quantitative estimate of drug-likeness (QED) is 0.197. The van der Waals surface area contributed by atoms with Gasteiger partial charge in [-0.2, -0.15) is 0 Å². The monoisotopic (exact) mass is 560 g/mol. The Balaban J connectivity index is 1.32. The minimum atomic E-state index is 0.794. The van der Waals surface area contributed by atoms with Crippen LogP contribution in [0.1, 0.15) is 0 Å². The summed E-state index contributed by atoms with van der Waals surface area (Å²) < 4.78 is 13.2. The number of para-hydroxylation sites is 2. The zero-order valence-electron chi connectivity index (χ0n) is 23.7. The first kappa shape index (κ1) is 23.7. The van der Waals surface area contributed by atoms with E-state index in [4.69, 9.17) is 8.83 Å². The molecule has 8 aromatic carbocycles. The van der Waals surface area contributed by atoms with Gasteiger partial charge < -0.3 is 8.83 Å². The average Bonchev–Trinajstić information content (AvgIpc) is 3.66. The number of hydrogen-bond donors (Lipinski definition) is 0. The van der Waals surface area contributed by atoms with Crippen LogP contribution in [0.2, 0.25) is 0 Å². The van der Waals surface area contributed by atoms with E-state index in [-0.39, 0.29) is 0 Å². The van der Waals surface area contributed by atoms with Gasteiger partial charge in [-0.25, -0.2) is 0 Å². The van der Waals surface area contributed by atoms with Gasteiger partial charge in [0, 0.05) is 32.7 Å². The van der Waals surface area contributed by atoms with E-state index in [1.54, 1.807) is 0 Å². The van der Waals surface area contributed by atoms with Crippen molar-refractivity contribution in [1.82, 2.24) is 0 Å². The largest absolute Gasteiger partial charge is 0.452 e. The summed E-state index contributed by atoms with van der Waals surface area (Å²) >= 11 is 0. The van der Waals surface area contributed by atoms with E-state index in [1.807, 2.05) is 12.1 Å². The first-order valence-corrected chi connectivity index (χ1v) is 15.0. The van der Waals surface area contributed by atoms with Crippen LogP contribution in [0.5, 0.6) is 0 Å². The van der Waals surface area contributed by atoms with Crippen LogP contribution in [0, 0.1) is 0 Å². The van der Waals surface area contributed by atoms with Gasteiger partial charge in [-0.1, -0.05) is 121 Å². The molecule has 0 bridgehead atoms. The van der Waals surface area contributed by atoms with Crippen LogP contribution in [0.25, 0.3) is 98.4 Å². The maximum absolute atomic E-state index is 6.85. The van der Waals surface area contributed by atoms with Crippen LogP contribution < -0.4 is 0 Å². The highest BCUT2D eigenvalue weighted by Gasteiger charge is 2.22. The molecule has 2 heterocycles. The Morgan fingerprint density at radius 3 is 1.61 bits per heavy atom. The summed E-state index contributed by atoms with van der Waals surface area (Å²) in [5.41, 5.74) is 8.09. The standard InChI is InChI=1S/C42H24O2/c1-2-11-26-24-27(21-20-25(26)10-1)38-29-13-3-5-15-31(29)39(32-16-6-4-14-30(32)38)36-18-9-17-33-35-23-22-34-28-12-7-8-19-37(28)43-41(34)42(35)44-40(33)36/h1-24H. The Morgan fingerprint density at radius 1 is 0.318 bits per heavy atom. The van der Waals surface area contributed by atoms with Crippen molar-refractivity contribution in [3.8, 4) is 22.3 Å². The zero-order chi connectivity index (χ0) is 28.8.